The fourth-order valence-electron chi connectivity index (χ4n) is 1.95. The van der Waals surface area contributed by atoms with Crippen LogP contribution in [0.3, 0.4) is 0 Å². The van der Waals surface area contributed by atoms with Gasteiger partial charge in [0.2, 0.25) is 0 Å². The number of nitrogens with zero attached hydrogens (tertiary/aromatic N) is 1. The number of aliphatic carboxylic acids is 1. The molecule has 5 nitrogen and oxygen atoms in total. The zero-order valence-corrected chi connectivity index (χ0v) is 12.7. The maximum absolute atomic E-state index is 12.3. The van der Waals surface area contributed by atoms with Crippen molar-refractivity contribution in [2.75, 3.05) is 6.54 Å². The SMILES string of the molecule is CC(Oc1cccc(Br)c1)C(=O)N(CC(=O)O)C1CC1. The summed E-state index contributed by atoms with van der Waals surface area (Å²) in [5.74, 6) is -0.707. The van der Waals surface area contributed by atoms with Crippen molar-refractivity contribution in [3.05, 3.63) is 28.7 Å². The Balaban J connectivity index is 2.01. The molecule has 1 saturated carbocycles. The van der Waals surface area contributed by atoms with E-state index >= 15 is 0 Å². The highest BCUT2D eigenvalue weighted by atomic mass is 79.9. The Bertz CT molecular complexity index is 516. The average molecular weight is 342 g/mol. The van der Waals surface area contributed by atoms with Crippen molar-refractivity contribution in [1.29, 1.82) is 0 Å². The third-order valence-corrected chi connectivity index (χ3v) is 3.53. The molecule has 1 unspecified atom stereocenters. The van der Waals surface area contributed by atoms with Crippen molar-refractivity contribution in [1.82, 2.24) is 4.90 Å². The molecule has 1 aromatic rings. The van der Waals surface area contributed by atoms with E-state index in [1.54, 1.807) is 19.1 Å². The van der Waals surface area contributed by atoms with Crippen molar-refractivity contribution in [3.8, 4) is 5.75 Å². The predicted molar refractivity (Wildman–Crippen MR) is 76.6 cm³/mol. The van der Waals surface area contributed by atoms with Gasteiger partial charge in [0.25, 0.3) is 5.91 Å². The van der Waals surface area contributed by atoms with Gasteiger partial charge in [0, 0.05) is 10.5 Å². The zero-order valence-electron chi connectivity index (χ0n) is 11.1. The molecule has 1 aliphatic carbocycles. The van der Waals surface area contributed by atoms with Crippen LogP contribution in [-0.2, 0) is 9.59 Å². The summed E-state index contributed by atoms with van der Waals surface area (Å²) >= 11 is 3.33. The fraction of sp³-hybridized carbons (Fsp3) is 0.429. The van der Waals surface area contributed by atoms with E-state index in [9.17, 15) is 9.59 Å². The van der Waals surface area contributed by atoms with E-state index in [0.717, 1.165) is 17.3 Å². The topological polar surface area (TPSA) is 66.8 Å². The molecule has 0 aromatic heterocycles. The van der Waals surface area contributed by atoms with Gasteiger partial charge in [-0.3, -0.25) is 9.59 Å². The van der Waals surface area contributed by atoms with Crippen molar-refractivity contribution in [2.45, 2.75) is 31.9 Å². The Morgan fingerprint density at radius 2 is 2.20 bits per heavy atom. The van der Waals surface area contributed by atoms with Gasteiger partial charge in [-0.05, 0) is 38.0 Å². The largest absolute Gasteiger partial charge is 0.481 e. The molecule has 1 N–H and O–H groups in total. The number of rotatable bonds is 6. The molecule has 1 aliphatic rings. The Hall–Kier alpha value is -1.56. The lowest BCUT2D eigenvalue weighted by molar-refractivity contribution is -0.148. The summed E-state index contributed by atoms with van der Waals surface area (Å²) in [4.78, 5) is 24.5. The minimum absolute atomic E-state index is 0.0483. The first-order valence-corrected chi connectivity index (χ1v) is 7.21. The molecule has 1 atom stereocenters. The maximum Gasteiger partial charge on any atom is 0.323 e. The second-order valence-electron chi connectivity index (χ2n) is 4.81. The molecule has 0 spiro atoms. The number of carbonyl (C=O) groups is 2. The highest BCUT2D eigenvalue weighted by Crippen LogP contribution is 2.28. The molecule has 1 aromatic carbocycles. The first-order valence-electron chi connectivity index (χ1n) is 6.42. The molecule has 2 rings (SSSR count). The summed E-state index contributed by atoms with van der Waals surface area (Å²) in [6, 6.07) is 7.25. The molecule has 6 heteroatoms. The number of hydrogen-bond donors (Lipinski definition) is 1. The van der Waals surface area contributed by atoms with Crippen molar-refractivity contribution < 1.29 is 19.4 Å². The summed E-state index contributed by atoms with van der Waals surface area (Å²) < 4.78 is 6.44. The van der Waals surface area contributed by atoms with Crippen LogP contribution in [0, 0.1) is 0 Å². The minimum atomic E-state index is -1.00. The Morgan fingerprint density at radius 1 is 1.50 bits per heavy atom. The molecule has 1 fully saturated rings. The smallest absolute Gasteiger partial charge is 0.323 e. The number of carboxylic acid groups (broad SMARTS) is 1. The molecule has 0 bridgehead atoms. The highest BCUT2D eigenvalue weighted by Gasteiger charge is 2.36. The van der Waals surface area contributed by atoms with Gasteiger partial charge in [0.05, 0.1) is 0 Å². The summed E-state index contributed by atoms with van der Waals surface area (Å²) in [6.07, 6.45) is 1.02. The van der Waals surface area contributed by atoms with E-state index in [4.69, 9.17) is 9.84 Å². The highest BCUT2D eigenvalue weighted by molar-refractivity contribution is 9.10. The van der Waals surface area contributed by atoms with Gasteiger partial charge in [-0.2, -0.15) is 0 Å². The van der Waals surface area contributed by atoms with E-state index in [-0.39, 0.29) is 18.5 Å². The third-order valence-electron chi connectivity index (χ3n) is 3.03. The number of amides is 1. The standard InChI is InChI=1S/C14H16BrNO4/c1-9(20-12-4-2-3-10(15)7-12)14(19)16(8-13(17)18)11-5-6-11/h2-4,7,9,11H,5-6,8H2,1H3,(H,17,18). The van der Waals surface area contributed by atoms with Crippen LogP contribution < -0.4 is 4.74 Å². The lowest BCUT2D eigenvalue weighted by Crippen LogP contribution is -2.44. The second kappa shape index (κ2) is 6.26. The van der Waals surface area contributed by atoms with Crippen LogP contribution in [0.25, 0.3) is 0 Å². The van der Waals surface area contributed by atoms with Gasteiger partial charge in [-0.1, -0.05) is 22.0 Å². The van der Waals surface area contributed by atoms with Crippen molar-refractivity contribution in [3.63, 3.8) is 0 Å². The van der Waals surface area contributed by atoms with E-state index in [1.165, 1.54) is 4.90 Å². The predicted octanol–water partition coefficient (Wildman–Crippen LogP) is 2.29. The summed E-state index contributed by atoms with van der Waals surface area (Å²) in [5.41, 5.74) is 0. The normalized spacial score (nSPS) is 15.5. The number of hydrogen-bond acceptors (Lipinski definition) is 3. The van der Waals surface area contributed by atoms with Crippen molar-refractivity contribution in [2.24, 2.45) is 0 Å². The number of halogens is 1. The molecule has 0 radical (unpaired) electrons. The van der Waals surface area contributed by atoms with E-state index in [0.29, 0.717) is 5.75 Å². The van der Waals surface area contributed by atoms with Crippen LogP contribution in [0.1, 0.15) is 19.8 Å². The van der Waals surface area contributed by atoms with Gasteiger partial charge in [-0.25, -0.2) is 0 Å². The zero-order chi connectivity index (χ0) is 14.7. The lowest BCUT2D eigenvalue weighted by Gasteiger charge is -2.24. The molecule has 0 aliphatic heterocycles. The van der Waals surface area contributed by atoms with Gasteiger partial charge in [0.15, 0.2) is 6.10 Å². The van der Waals surface area contributed by atoms with E-state index < -0.39 is 12.1 Å². The lowest BCUT2D eigenvalue weighted by atomic mass is 10.3. The number of carboxylic acids is 1. The van der Waals surface area contributed by atoms with Crippen molar-refractivity contribution >= 4 is 27.8 Å². The fourth-order valence-corrected chi connectivity index (χ4v) is 2.33. The van der Waals surface area contributed by atoms with Crippen LogP contribution in [-0.4, -0.2) is 40.6 Å². The van der Waals surface area contributed by atoms with Gasteiger partial charge in [-0.15, -0.1) is 0 Å². The second-order valence-corrected chi connectivity index (χ2v) is 5.72. The maximum atomic E-state index is 12.3. The minimum Gasteiger partial charge on any atom is -0.481 e. The third kappa shape index (κ3) is 3.96. The molecule has 0 heterocycles. The van der Waals surface area contributed by atoms with Crippen LogP contribution >= 0.6 is 15.9 Å². The van der Waals surface area contributed by atoms with Crippen LogP contribution in [0.4, 0.5) is 0 Å². The van der Waals surface area contributed by atoms with Gasteiger partial charge < -0.3 is 14.7 Å². The molecular weight excluding hydrogens is 326 g/mol. The summed E-state index contributed by atoms with van der Waals surface area (Å²) in [6.45, 7) is 1.37. The molecule has 108 valence electrons. The quantitative estimate of drug-likeness (QED) is 0.861. The van der Waals surface area contributed by atoms with Crippen LogP contribution in [0.15, 0.2) is 28.7 Å². The first-order chi connectivity index (χ1) is 9.47. The molecular formula is C14H16BrNO4. The van der Waals surface area contributed by atoms with Crippen LogP contribution in [0.5, 0.6) is 5.75 Å². The van der Waals surface area contributed by atoms with E-state index in [2.05, 4.69) is 15.9 Å². The summed E-state index contributed by atoms with van der Waals surface area (Å²) in [7, 11) is 0. The van der Waals surface area contributed by atoms with Gasteiger partial charge in [0.1, 0.15) is 12.3 Å². The Morgan fingerprint density at radius 3 is 2.75 bits per heavy atom. The number of ether oxygens (including phenoxy) is 1. The summed E-state index contributed by atoms with van der Waals surface area (Å²) in [5, 5.41) is 8.88. The van der Waals surface area contributed by atoms with Gasteiger partial charge >= 0.3 is 5.97 Å². The first kappa shape index (κ1) is 14.8. The number of carbonyl (C=O) groups excluding carboxylic acids is 1. The average Bonchev–Trinajstić information content (AvgIpc) is 3.19. The number of benzene rings is 1. The van der Waals surface area contributed by atoms with Crippen LogP contribution in [0.2, 0.25) is 0 Å². The Kier molecular flexibility index (Phi) is 4.65. The van der Waals surface area contributed by atoms with E-state index in [1.807, 2.05) is 12.1 Å². The molecule has 1 amide bonds. The molecule has 0 saturated heterocycles. The molecule has 20 heavy (non-hydrogen) atoms. The monoisotopic (exact) mass is 341 g/mol. The Labute approximate surface area is 125 Å².